The number of amides is 2. The van der Waals surface area contributed by atoms with Crippen molar-refractivity contribution >= 4 is 18.0 Å². The lowest BCUT2D eigenvalue weighted by molar-refractivity contribution is -0.137. The maximum Gasteiger partial charge on any atom is 0.407 e. The molecule has 34 heavy (non-hydrogen) atoms. The van der Waals surface area contributed by atoms with Crippen LogP contribution in [0, 0.1) is 5.92 Å². The van der Waals surface area contributed by atoms with Crippen molar-refractivity contribution < 1.29 is 29.0 Å². The zero-order valence-electron chi connectivity index (χ0n) is 19.2. The van der Waals surface area contributed by atoms with Gasteiger partial charge in [0, 0.05) is 31.4 Å². The Balaban J connectivity index is 1.37. The number of fused-ring (bicyclic) bond motifs is 3. The summed E-state index contributed by atoms with van der Waals surface area (Å²) in [5, 5.41) is 14.4. The Kier molecular flexibility index (Phi) is 7.47. The van der Waals surface area contributed by atoms with E-state index < -0.39 is 24.0 Å². The summed E-state index contributed by atoms with van der Waals surface area (Å²) in [6.45, 7) is 3.14. The lowest BCUT2D eigenvalue weighted by atomic mass is 9.98. The average Bonchev–Trinajstić information content (AvgIpc) is 3.39. The second-order valence-electron chi connectivity index (χ2n) is 8.82. The van der Waals surface area contributed by atoms with E-state index in [9.17, 15) is 14.4 Å². The van der Waals surface area contributed by atoms with Crippen LogP contribution in [0.4, 0.5) is 4.79 Å². The van der Waals surface area contributed by atoms with Gasteiger partial charge in [-0.3, -0.25) is 9.59 Å². The average molecular weight is 467 g/mol. The van der Waals surface area contributed by atoms with E-state index in [1.54, 1.807) is 0 Å². The Hall–Kier alpha value is -3.39. The van der Waals surface area contributed by atoms with Gasteiger partial charge in [0.2, 0.25) is 5.91 Å². The maximum atomic E-state index is 12.7. The molecule has 1 fully saturated rings. The molecular weight excluding hydrogens is 436 g/mol. The van der Waals surface area contributed by atoms with Crippen LogP contribution in [0.25, 0.3) is 11.1 Å². The zero-order chi connectivity index (χ0) is 24.1. The Morgan fingerprint density at radius 1 is 1.09 bits per heavy atom. The number of nitrogens with one attached hydrogen (secondary N) is 2. The molecule has 2 aliphatic rings. The molecule has 4 rings (SSSR count). The minimum Gasteiger partial charge on any atom is -0.481 e. The van der Waals surface area contributed by atoms with Gasteiger partial charge in [-0.25, -0.2) is 4.79 Å². The Morgan fingerprint density at radius 3 is 2.32 bits per heavy atom. The highest BCUT2D eigenvalue weighted by atomic mass is 16.5. The second kappa shape index (κ2) is 10.7. The van der Waals surface area contributed by atoms with E-state index in [2.05, 4.69) is 22.8 Å². The van der Waals surface area contributed by atoms with Gasteiger partial charge in [-0.15, -0.1) is 0 Å². The largest absolute Gasteiger partial charge is 0.481 e. The van der Waals surface area contributed by atoms with E-state index >= 15 is 0 Å². The van der Waals surface area contributed by atoms with Crippen LogP contribution in [0.1, 0.15) is 43.2 Å². The van der Waals surface area contributed by atoms with Gasteiger partial charge in [-0.1, -0.05) is 48.5 Å². The highest BCUT2D eigenvalue weighted by molar-refractivity contribution is 5.86. The molecule has 3 N–H and O–H groups in total. The topological polar surface area (TPSA) is 114 Å². The Labute approximate surface area is 198 Å². The maximum absolute atomic E-state index is 12.7. The molecule has 1 saturated heterocycles. The van der Waals surface area contributed by atoms with Crippen LogP contribution in [-0.2, 0) is 19.1 Å². The fourth-order valence-corrected chi connectivity index (χ4v) is 4.72. The van der Waals surface area contributed by atoms with E-state index in [1.165, 1.54) is 0 Å². The minimum atomic E-state index is -1.04. The summed E-state index contributed by atoms with van der Waals surface area (Å²) >= 11 is 0. The minimum absolute atomic E-state index is 0.0257. The summed E-state index contributed by atoms with van der Waals surface area (Å²) in [4.78, 5) is 36.4. The molecule has 180 valence electrons. The van der Waals surface area contributed by atoms with Crippen LogP contribution in [-0.4, -0.2) is 55.0 Å². The molecule has 0 spiro atoms. The van der Waals surface area contributed by atoms with Gasteiger partial charge in [0.15, 0.2) is 0 Å². The van der Waals surface area contributed by atoms with Crippen LogP contribution >= 0.6 is 0 Å². The molecule has 1 aliphatic carbocycles. The number of benzene rings is 2. The summed E-state index contributed by atoms with van der Waals surface area (Å²) in [7, 11) is 0. The third-order valence-electron chi connectivity index (χ3n) is 6.67. The van der Waals surface area contributed by atoms with E-state index in [0.717, 1.165) is 28.7 Å². The smallest absolute Gasteiger partial charge is 0.407 e. The lowest BCUT2D eigenvalue weighted by Gasteiger charge is -2.21. The molecule has 0 radical (unpaired) electrons. The Morgan fingerprint density at radius 2 is 1.74 bits per heavy atom. The molecule has 0 aromatic heterocycles. The van der Waals surface area contributed by atoms with Gasteiger partial charge in [0.1, 0.15) is 12.6 Å². The monoisotopic (exact) mass is 466 g/mol. The van der Waals surface area contributed by atoms with E-state index in [-0.39, 0.29) is 37.4 Å². The number of alkyl carbamates (subject to hydrolysis) is 1. The normalized spacial score (nSPS) is 19.7. The van der Waals surface area contributed by atoms with Gasteiger partial charge in [0.25, 0.3) is 0 Å². The first kappa shape index (κ1) is 23.8. The van der Waals surface area contributed by atoms with Crippen LogP contribution in [0.5, 0.6) is 0 Å². The molecular formula is C26H30N2O6. The summed E-state index contributed by atoms with van der Waals surface area (Å²) in [6, 6.07) is 15.0. The summed E-state index contributed by atoms with van der Waals surface area (Å²) in [6.07, 6.45) is -0.119. The van der Waals surface area contributed by atoms with Gasteiger partial charge < -0.3 is 25.2 Å². The zero-order valence-corrected chi connectivity index (χ0v) is 19.2. The standard InChI is InChI=1S/C26H30N2O6/c1-16-17(12-13-33-16)14-27-25(31)23(10-11-24(29)30)28-26(32)34-15-22-20-8-4-2-6-18(20)19-7-3-5-9-21(19)22/h2-9,16-17,22-23H,10-15H2,1H3,(H,27,31)(H,28,32)(H,29,30). The van der Waals surface area contributed by atoms with E-state index in [0.29, 0.717) is 13.2 Å². The molecule has 8 heteroatoms. The van der Waals surface area contributed by atoms with Crippen molar-refractivity contribution in [2.75, 3.05) is 19.8 Å². The van der Waals surface area contributed by atoms with Gasteiger partial charge >= 0.3 is 12.1 Å². The van der Waals surface area contributed by atoms with Crippen molar-refractivity contribution in [1.29, 1.82) is 0 Å². The lowest BCUT2D eigenvalue weighted by Crippen LogP contribution is -2.48. The number of hydrogen-bond donors (Lipinski definition) is 3. The molecule has 2 aromatic carbocycles. The highest BCUT2D eigenvalue weighted by Crippen LogP contribution is 2.44. The fraction of sp³-hybridized carbons (Fsp3) is 0.423. The number of carboxylic acids is 1. The first-order valence-electron chi connectivity index (χ1n) is 11.7. The van der Waals surface area contributed by atoms with Crippen molar-refractivity contribution in [3.05, 3.63) is 59.7 Å². The number of hydrogen-bond acceptors (Lipinski definition) is 5. The third kappa shape index (κ3) is 5.39. The van der Waals surface area contributed by atoms with Gasteiger partial charge in [0.05, 0.1) is 6.10 Å². The van der Waals surface area contributed by atoms with Crippen LogP contribution < -0.4 is 10.6 Å². The van der Waals surface area contributed by atoms with Gasteiger partial charge in [-0.05, 0) is 42.0 Å². The molecule has 1 heterocycles. The number of carbonyl (C=O) groups excluding carboxylic acids is 2. The number of rotatable bonds is 9. The summed E-state index contributed by atoms with van der Waals surface area (Å²) in [5.41, 5.74) is 4.42. The number of carbonyl (C=O) groups is 3. The van der Waals surface area contributed by atoms with Crippen molar-refractivity contribution in [2.45, 2.75) is 44.2 Å². The quantitative estimate of drug-likeness (QED) is 0.523. The Bertz CT molecular complexity index is 1010. The summed E-state index contributed by atoms with van der Waals surface area (Å²) < 4.78 is 11.0. The molecule has 2 amide bonds. The van der Waals surface area contributed by atoms with E-state index in [4.69, 9.17) is 14.6 Å². The van der Waals surface area contributed by atoms with Gasteiger partial charge in [-0.2, -0.15) is 0 Å². The molecule has 3 atom stereocenters. The van der Waals surface area contributed by atoms with E-state index in [1.807, 2.05) is 43.3 Å². The molecule has 1 aliphatic heterocycles. The predicted octanol–water partition coefficient (Wildman–Crippen LogP) is 3.30. The van der Waals surface area contributed by atoms with Crippen molar-refractivity contribution in [3.63, 3.8) is 0 Å². The van der Waals surface area contributed by atoms with Crippen molar-refractivity contribution in [2.24, 2.45) is 5.92 Å². The third-order valence-corrected chi connectivity index (χ3v) is 6.67. The van der Waals surface area contributed by atoms with Crippen LogP contribution in [0.3, 0.4) is 0 Å². The molecule has 0 bridgehead atoms. The molecule has 2 aromatic rings. The van der Waals surface area contributed by atoms with Crippen LogP contribution in [0.2, 0.25) is 0 Å². The first-order valence-corrected chi connectivity index (χ1v) is 11.7. The number of ether oxygens (including phenoxy) is 2. The SMILES string of the molecule is CC1OCCC1CNC(=O)C(CCC(=O)O)NC(=O)OCC1c2ccccc2-c2ccccc21. The summed E-state index contributed by atoms with van der Waals surface area (Å²) in [5.74, 6) is -1.37. The van der Waals surface area contributed by atoms with Crippen molar-refractivity contribution in [3.8, 4) is 11.1 Å². The number of aliphatic carboxylic acids is 1. The van der Waals surface area contributed by atoms with Crippen LogP contribution in [0.15, 0.2) is 48.5 Å². The molecule has 0 saturated carbocycles. The first-order chi connectivity index (χ1) is 16.4. The molecule has 8 nitrogen and oxygen atoms in total. The molecule has 3 unspecified atom stereocenters. The fourth-order valence-electron chi connectivity index (χ4n) is 4.72. The number of carboxylic acid groups (broad SMARTS) is 1. The highest BCUT2D eigenvalue weighted by Gasteiger charge is 2.30. The van der Waals surface area contributed by atoms with Crippen molar-refractivity contribution in [1.82, 2.24) is 10.6 Å². The second-order valence-corrected chi connectivity index (χ2v) is 8.82. The predicted molar refractivity (Wildman–Crippen MR) is 125 cm³/mol.